The van der Waals surface area contributed by atoms with Crippen LogP contribution in [0.4, 0.5) is 5.69 Å². The second-order valence-electron chi connectivity index (χ2n) is 5.64. The van der Waals surface area contributed by atoms with Gasteiger partial charge in [-0.2, -0.15) is 0 Å². The van der Waals surface area contributed by atoms with Gasteiger partial charge in [-0.15, -0.1) is 0 Å². The van der Waals surface area contributed by atoms with Crippen LogP contribution in [0.25, 0.3) is 0 Å². The number of ketones is 1. The molecule has 3 aromatic rings. The lowest BCUT2D eigenvalue weighted by Crippen LogP contribution is -2.25. The second-order valence-corrected chi connectivity index (χ2v) is 6.05. The maximum Gasteiger partial charge on any atom is 0.298 e. The fourth-order valence-corrected chi connectivity index (χ4v) is 2.84. The Morgan fingerprint density at radius 3 is 2.54 bits per heavy atom. The van der Waals surface area contributed by atoms with E-state index in [1.807, 2.05) is 30.3 Å². The van der Waals surface area contributed by atoms with Gasteiger partial charge in [0.25, 0.3) is 11.7 Å². The van der Waals surface area contributed by atoms with Crippen molar-refractivity contribution >= 4 is 29.0 Å². The molecule has 1 heterocycles. The predicted molar refractivity (Wildman–Crippen MR) is 101 cm³/mol. The zero-order valence-electron chi connectivity index (χ0n) is 14.1. The molecule has 0 spiro atoms. The Balaban J connectivity index is 1.74. The first-order valence-corrected chi connectivity index (χ1v) is 8.34. The minimum Gasteiger partial charge on any atom is -0.495 e. The third-order valence-corrected chi connectivity index (χ3v) is 4.17. The fraction of sp³-hybridized carbons (Fsp3) is 0.100. The molecule has 1 N–H and O–H groups in total. The number of anilines is 1. The minimum absolute atomic E-state index is 0.325. The molecule has 0 aliphatic carbocycles. The van der Waals surface area contributed by atoms with Crippen LogP contribution in [0, 0.1) is 0 Å². The van der Waals surface area contributed by atoms with Crippen LogP contribution in [-0.4, -0.2) is 23.4 Å². The SMILES string of the molecule is COc1ccc(NC(=O)C(=O)c2cccn2Cc2ccccc2)cc1Cl. The van der Waals surface area contributed by atoms with Crippen molar-refractivity contribution in [1.29, 1.82) is 0 Å². The highest BCUT2D eigenvalue weighted by Gasteiger charge is 2.20. The molecule has 5 nitrogen and oxygen atoms in total. The molecule has 2 aromatic carbocycles. The largest absolute Gasteiger partial charge is 0.495 e. The van der Waals surface area contributed by atoms with Gasteiger partial charge >= 0.3 is 0 Å². The zero-order chi connectivity index (χ0) is 18.5. The zero-order valence-corrected chi connectivity index (χ0v) is 14.9. The van der Waals surface area contributed by atoms with Gasteiger partial charge in [-0.3, -0.25) is 9.59 Å². The fourth-order valence-electron chi connectivity index (χ4n) is 2.59. The molecule has 6 heteroatoms. The number of methoxy groups -OCH3 is 1. The van der Waals surface area contributed by atoms with Crippen molar-refractivity contribution in [1.82, 2.24) is 4.57 Å². The van der Waals surface area contributed by atoms with E-state index in [9.17, 15) is 9.59 Å². The van der Waals surface area contributed by atoms with Crippen molar-refractivity contribution in [2.45, 2.75) is 6.54 Å². The standard InChI is InChI=1S/C20H17ClN2O3/c1-26-18-10-9-15(12-16(18)21)22-20(25)19(24)17-8-5-11-23(17)13-14-6-3-2-4-7-14/h2-12H,13H2,1H3,(H,22,25). The highest BCUT2D eigenvalue weighted by molar-refractivity contribution is 6.46. The van der Waals surface area contributed by atoms with Crippen LogP contribution in [0.15, 0.2) is 66.9 Å². The molecule has 0 saturated carbocycles. The maximum atomic E-state index is 12.5. The molecule has 0 unspecified atom stereocenters. The molecular formula is C20H17ClN2O3. The summed E-state index contributed by atoms with van der Waals surface area (Å²) >= 11 is 6.04. The molecule has 0 aliphatic heterocycles. The minimum atomic E-state index is -0.723. The van der Waals surface area contributed by atoms with E-state index in [2.05, 4.69) is 5.32 Å². The van der Waals surface area contributed by atoms with Crippen molar-refractivity contribution in [3.63, 3.8) is 0 Å². The molecule has 3 rings (SSSR count). The summed E-state index contributed by atoms with van der Waals surface area (Å²) in [5.74, 6) is -0.843. The van der Waals surface area contributed by atoms with Crippen molar-refractivity contribution < 1.29 is 14.3 Å². The summed E-state index contributed by atoms with van der Waals surface area (Å²) in [6.45, 7) is 0.510. The van der Waals surface area contributed by atoms with Crippen molar-refractivity contribution in [3.8, 4) is 5.75 Å². The van der Waals surface area contributed by atoms with E-state index in [1.54, 1.807) is 35.0 Å². The lowest BCUT2D eigenvalue weighted by atomic mass is 10.2. The van der Waals surface area contributed by atoms with Gasteiger partial charge in [0, 0.05) is 18.4 Å². The lowest BCUT2D eigenvalue weighted by Gasteiger charge is -2.10. The van der Waals surface area contributed by atoms with E-state index >= 15 is 0 Å². The van der Waals surface area contributed by atoms with Gasteiger partial charge in [0.2, 0.25) is 0 Å². The summed E-state index contributed by atoms with van der Waals surface area (Å²) in [6, 6.07) is 17.9. The number of halogens is 1. The monoisotopic (exact) mass is 368 g/mol. The number of ether oxygens (including phenoxy) is 1. The van der Waals surface area contributed by atoms with Gasteiger partial charge in [-0.25, -0.2) is 0 Å². The van der Waals surface area contributed by atoms with E-state index < -0.39 is 11.7 Å². The van der Waals surface area contributed by atoms with E-state index in [0.29, 0.717) is 28.7 Å². The van der Waals surface area contributed by atoms with Gasteiger partial charge in [0.15, 0.2) is 0 Å². The number of rotatable bonds is 6. The van der Waals surface area contributed by atoms with Crippen LogP contribution in [0.2, 0.25) is 5.02 Å². The summed E-state index contributed by atoms with van der Waals surface area (Å²) in [6.07, 6.45) is 1.78. The molecule has 0 atom stereocenters. The summed E-state index contributed by atoms with van der Waals surface area (Å²) in [5.41, 5.74) is 1.79. The summed E-state index contributed by atoms with van der Waals surface area (Å²) in [4.78, 5) is 24.9. The Kier molecular flexibility index (Phi) is 5.39. The number of Topliss-reactive ketones (excluding diaryl/α,β-unsaturated/α-hetero) is 1. The molecule has 0 saturated heterocycles. The molecule has 0 bridgehead atoms. The van der Waals surface area contributed by atoms with Gasteiger partial charge in [0.1, 0.15) is 5.75 Å². The van der Waals surface area contributed by atoms with Crippen molar-refractivity contribution in [3.05, 3.63) is 83.1 Å². The molecule has 0 fully saturated rings. The van der Waals surface area contributed by atoms with E-state index in [0.717, 1.165) is 5.56 Å². The van der Waals surface area contributed by atoms with Gasteiger partial charge in [-0.1, -0.05) is 41.9 Å². The Morgan fingerprint density at radius 2 is 1.85 bits per heavy atom. The molecule has 132 valence electrons. The van der Waals surface area contributed by atoms with Crippen LogP contribution in [0.3, 0.4) is 0 Å². The topological polar surface area (TPSA) is 60.3 Å². The molecule has 1 amide bonds. The third-order valence-electron chi connectivity index (χ3n) is 3.87. The van der Waals surface area contributed by atoms with Crippen LogP contribution < -0.4 is 10.1 Å². The second kappa shape index (κ2) is 7.89. The number of hydrogen-bond acceptors (Lipinski definition) is 3. The Labute approximate surface area is 156 Å². The van der Waals surface area contributed by atoms with Crippen molar-refractivity contribution in [2.24, 2.45) is 0 Å². The Morgan fingerprint density at radius 1 is 1.08 bits per heavy atom. The van der Waals surface area contributed by atoms with E-state index in [1.165, 1.54) is 13.2 Å². The molecule has 0 aliphatic rings. The number of nitrogens with one attached hydrogen (secondary N) is 1. The Hall–Kier alpha value is -3.05. The molecule has 1 aromatic heterocycles. The first-order chi connectivity index (χ1) is 12.6. The summed E-state index contributed by atoms with van der Waals surface area (Å²) in [5, 5.41) is 2.92. The predicted octanol–water partition coefficient (Wildman–Crippen LogP) is 4.02. The average Bonchev–Trinajstić information content (AvgIpc) is 3.10. The third kappa shape index (κ3) is 3.95. The lowest BCUT2D eigenvalue weighted by molar-refractivity contribution is -0.112. The number of carbonyl (C=O) groups excluding carboxylic acids is 2. The van der Waals surface area contributed by atoms with E-state index in [4.69, 9.17) is 16.3 Å². The Bertz CT molecular complexity index is 935. The van der Waals surface area contributed by atoms with Gasteiger partial charge in [-0.05, 0) is 35.9 Å². The number of amides is 1. The number of aromatic nitrogens is 1. The number of hydrogen-bond donors (Lipinski definition) is 1. The van der Waals surface area contributed by atoms with Gasteiger partial charge in [0.05, 0.1) is 17.8 Å². The van der Waals surface area contributed by atoms with Crippen LogP contribution in [0.5, 0.6) is 5.75 Å². The average molecular weight is 369 g/mol. The first kappa shape index (κ1) is 17.8. The van der Waals surface area contributed by atoms with E-state index in [-0.39, 0.29) is 0 Å². The van der Waals surface area contributed by atoms with Crippen LogP contribution >= 0.6 is 11.6 Å². The van der Waals surface area contributed by atoms with Crippen LogP contribution in [-0.2, 0) is 11.3 Å². The number of nitrogens with zero attached hydrogens (tertiary/aromatic N) is 1. The summed E-state index contributed by atoms with van der Waals surface area (Å²) in [7, 11) is 1.50. The highest BCUT2D eigenvalue weighted by Crippen LogP contribution is 2.27. The number of benzene rings is 2. The maximum absolute atomic E-state index is 12.5. The molecular weight excluding hydrogens is 352 g/mol. The van der Waals surface area contributed by atoms with Crippen LogP contribution in [0.1, 0.15) is 16.1 Å². The quantitative estimate of drug-likeness (QED) is 0.528. The van der Waals surface area contributed by atoms with Gasteiger partial charge < -0.3 is 14.6 Å². The molecule has 0 radical (unpaired) electrons. The normalized spacial score (nSPS) is 10.4. The molecule has 26 heavy (non-hydrogen) atoms. The highest BCUT2D eigenvalue weighted by atomic mass is 35.5. The number of carbonyl (C=O) groups is 2. The first-order valence-electron chi connectivity index (χ1n) is 7.97. The summed E-state index contributed by atoms with van der Waals surface area (Å²) < 4.78 is 6.82. The van der Waals surface area contributed by atoms with Crippen molar-refractivity contribution in [2.75, 3.05) is 12.4 Å². The smallest absolute Gasteiger partial charge is 0.298 e.